The highest BCUT2D eigenvalue weighted by atomic mass is 35.5. The lowest BCUT2D eigenvalue weighted by Gasteiger charge is -2.23. The van der Waals surface area contributed by atoms with E-state index in [0.29, 0.717) is 0 Å². The maximum atomic E-state index is 12.7. The average molecular weight is 252 g/mol. The lowest BCUT2D eigenvalue weighted by Crippen LogP contribution is -2.47. The van der Waals surface area contributed by atoms with Crippen LogP contribution in [0, 0.1) is 0 Å². The number of fused-ring (bicyclic) bond motifs is 1. The van der Waals surface area contributed by atoms with Crippen LogP contribution in [0.15, 0.2) is 18.2 Å². The van der Waals surface area contributed by atoms with E-state index < -0.39 is 23.2 Å². The molecule has 16 heavy (non-hydrogen) atoms. The number of carbonyl (C=O) groups excluding carboxylic acids is 1. The van der Waals surface area contributed by atoms with E-state index in [1.54, 1.807) is 0 Å². The molecule has 0 saturated heterocycles. The molecule has 1 unspecified atom stereocenters. The molecular weight excluding hydrogens is 247 g/mol. The summed E-state index contributed by atoms with van der Waals surface area (Å²) in [4.78, 5) is 11.2. The first-order valence-electron chi connectivity index (χ1n) is 4.18. The minimum atomic E-state index is -5.09. The number of aliphatic hydroxyl groups is 1. The van der Waals surface area contributed by atoms with Crippen molar-refractivity contribution in [1.29, 1.82) is 0 Å². The number of amides is 1. The molecule has 1 heterocycles. The molecule has 1 aromatic carbocycles. The van der Waals surface area contributed by atoms with Gasteiger partial charge in [0.25, 0.3) is 11.5 Å². The number of halogens is 4. The smallest absolute Gasteiger partial charge is 0.368 e. The molecule has 0 spiro atoms. The topological polar surface area (TPSA) is 49.3 Å². The highest BCUT2D eigenvalue weighted by molar-refractivity contribution is 6.34. The standard InChI is InChI=1S/C9H5ClF3NO2/c10-5-3-1-2-4-6(5)14-7(15)8(4,16)9(11,12)13/h1-3,16H,(H,14,15). The van der Waals surface area contributed by atoms with Gasteiger partial charge in [0.1, 0.15) is 0 Å². The van der Waals surface area contributed by atoms with E-state index in [1.807, 2.05) is 5.32 Å². The molecule has 2 N–H and O–H groups in total. The summed E-state index contributed by atoms with van der Waals surface area (Å²) in [6.07, 6.45) is -5.09. The van der Waals surface area contributed by atoms with Gasteiger partial charge < -0.3 is 10.4 Å². The molecule has 0 radical (unpaired) electrons. The molecule has 1 atom stereocenters. The van der Waals surface area contributed by atoms with Crippen LogP contribution in [0.2, 0.25) is 5.02 Å². The number of benzene rings is 1. The van der Waals surface area contributed by atoms with E-state index in [2.05, 4.69) is 0 Å². The van der Waals surface area contributed by atoms with Crippen LogP contribution in [0.3, 0.4) is 0 Å². The molecular formula is C9H5ClF3NO2. The van der Waals surface area contributed by atoms with Crippen molar-refractivity contribution in [3.63, 3.8) is 0 Å². The van der Waals surface area contributed by atoms with Gasteiger partial charge in [0, 0.05) is 5.56 Å². The third-order valence-corrected chi connectivity index (χ3v) is 2.70. The summed E-state index contributed by atoms with van der Waals surface area (Å²) in [7, 11) is 0. The van der Waals surface area contributed by atoms with E-state index in [9.17, 15) is 23.1 Å². The highest BCUT2D eigenvalue weighted by Gasteiger charge is 2.64. The normalized spacial score (nSPS) is 24.2. The van der Waals surface area contributed by atoms with Crippen LogP contribution in [-0.4, -0.2) is 17.2 Å². The van der Waals surface area contributed by atoms with Crippen molar-refractivity contribution in [2.24, 2.45) is 0 Å². The molecule has 1 amide bonds. The molecule has 0 aliphatic carbocycles. The second-order valence-corrected chi connectivity index (χ2v) is 3.73. The van der Waals surface area contributed by atoms with Gasteiger partial charge in [0.05, 0.1) is 10.7 Å². The molecule has 0 bridgehead atoms. The van der Waals surface area contributed by atoms with Gasteiger partial charge in [-0.3, -0.25) is 4.79 Å². The van der Waals surface area contributed by atoms with Crippen LogP contribution in [0.25, 0.3) is 0 Å². The predicted molar refractivity (Wildman–Crippen MR) is 50.0 cm³/mol. The monoisotopic (exact) mass is 251 g/mol. The molecule has 0 aromatic heterocycles. The third kappa shape index (κ3) is 1.23. The lowest BCUT2D eigenvalue weighted by molar-refractivity contribution is -0.252. The molecule has 3 nitrogen and oxygen atoms in total. The summed E-state index contributed by atoms with van der Waals surface area (Å²) < 4.78 is 38.0. The highest BCUT2D eigenvalue weighted by Crippen LogP contribution is 2.48. The fourth-order valence-electron chi connectivity index (χ4n) is 1.56. The summed E-state index contributed by atoms with van der Waals surface area (Å²) in [6.45, 7) is 0. The molecule has 0 fully saturated rings. The predicted octanol–water partition coefficient (Wildman–Crippen LogP) is 2.04. The third-order valence-electron chi connectivity index (χ3n) is 2.38. The summed E-state index contributed by atoms with van der Waals surface area (Å²) in [5, 5.41) is 11.3. The summed E-state index contributed by atoms with van der Waals surface area (Å²) in [5.74, 6) is -1.54. The first kappa shape index (κ1) is 11.2. The Balaban J connectivity index is 2.70. The van der Waals surface area contributed by atoms with Crippen LogP contribution in [-0.2, 0) is 10.4 Å². The van der Waals surface area contributed by atoms with Crippen LogP contribution in [0.5, 0.6) is 0 Å². The first-order chi connectivity index (χ1) is 7.28. The molecule has 7 heteroatoms. The van der Waals surface area contributed by atoms with Crippen molar-refractivity contribution in [3.8, 4) is 0 Å². The Bertz CT molecular complexity index is 474. The second kappa shape index (κ2) is 3.11. The summed E-state index contributed by atoms with van der Waals surface area (Å²) >= 11 is 5.62. The number of para-hydroxylation sites is 1. The minimum absolute atomic E-state index is 0.0500. The fourth-order valence-corrected chi connectivity index (χ4v) is 1.78. The number of hydrogen-bond acceptors (Lipinski definition) is 2. The maximum Gasteiger partial charge on any atom is 0.430 e. The zero-order valence-corrected chi connectivity index (χ0v) is 8.36. The Kier molecular flexibility index (Phi) is 2.18. The number of rotatable bonds is 0. The van der Waals surface area contributed by atoms with Gasteiger partial charge in [-0.15, -0.1) is 0 Å². The first-order valence-corrected chi connectivity index (χ1v) is 4.56. The Morgan fingerprint density at radius 3 is 2.56 bits per heavy atom. The molecule has 1 aliphatic heterocycles. The van der Waals surface area contributed by atoms with Crippen molar-refractivity contribution in [2.45, 2.75) is 11.8 Å². The molecule has 2 rings (SSSR count). The molecule has 86 valence electrons. The number of hydrogen-bond donors (Lipinski definition) is 2. The Hall–Kier alpha value is -1.27. The SMILES string of the molecule is O=C1Nc2c(Cl)cccc2C1(O)C(F)(F)F. The van der Waals surface area contributed by atoms with Gasteiger partial charge in [-0.05, 0) is 6.07 Å². The zero-order chi connectivity index (χ0) is 12.1. The number of anilines is 1. The van der Waals surface area contributed by atoms with Crippen LogP contribution in [0.4, 0.5) is 18.9 Å². The molecule has 1 aliphatic rings. The number of nitrogens with one attached hydrogen (secondary N) is 1. The largest absolute Gasteiger partial charge is 0.430 e. The van der Waals surface area contributed by atoms with Crippen molar-refractivity contribution in [1.82, 2.24) is 0 Å². The summed E-state index contributed by atoms with van der Waals surface area (Å²) in [5.41, 5.74) is -4.29. The van der Waals surface area contributed by atoms with Crippen LogP contribution >= 0.6 is 11.6 Å². The van der Waals surface area contributed by atoms with E-state index >= 15 is 0 Å². The second-order valence-electron chi connectivity index (χ2n) is 3.32. The van der Waals surface area contributed by atoms with E-state index in [1.165, 1.54) is 12.1 Å². The average Bonchev–Trinajstić information content (AvgIpc) is 2.43. The lowest BCUT2D eigenvalue weighted by atomic mass is 9.95. The van der Waals surface area contributed by atoms with Crippen molar-refractivity contribution >= 4 is 23.2 Å². The van der Waals surface area contributed by atoms with Gasteiger partial charge in [-0.25, -0.2) is 0 Å². The van der Waals surface area contributed by atoms with Gasteiger partial charge in [-0.2, -0.15) is 13.2 Å². The van der Waals surface area contributed by atoms with Crippen LogP contribution in [0.1, 0.15) is 5.56 Å². The Morgan fingerprint density at radius 2 is 2.00 bits per heavy atom. The van der Waals surface area contributed by atoms with Crippen molar-refractivity contribution in [2.75, 3.05) is 5.32 Å². The van der Waals surface area contributed by atoms with E-state index in [4.69, 9.17) is 11.6 Å². The van der Waals surface area contributed by atoms with Crippen LogP contribution < -0.4 is 5.32 Å². The number of alkyl halides is 3. The number of carbonyl (C=O) groups is 1. The van der Waals surface area contributed by atoms with E-state index in [-0.39, 0.29) is 10.7 Å². The van der Waals surface area contributed by atoms with Gasteiger partial charge in [0.2, 0.25) is 0 Å². The zero-order valence-electron chi connectivity index (χ0n) is 7.60. The Labute approximate surface area is 92.8 Å². The minimum Gasteiger partial charge on any atom is -0.368 e. The Morgan fingerprint density at radius 1 is 1.38 bits per heavy atom. The summed E-state index contributed by atoms with van der Waals surface area (Å²) in [6, 6.07) is 3.56. The van der Waals surface area contributed by atoms with Gasteiger partial charge in [-0.1, -0.05) is 23.7 Å². The molecule has 0 saturated carbocycles. The maximum absolute atomic E-state index is 12.7. The van der Waals surface area contributed by atoms with Gasteiger partial charge in [0.15, 0.2) is 0 Å². The van der Waals surface area contributed by atoms with Crippen molar-refractivity contribution < 1.29 is 23.1 Å². The van der Waals surface area contributed by atoms with Gasteiger partial charge >= 0.3 is 6.18 Å². The quantitative estimate of drug-likeness (QED) is 0.741. The van der Waals surface area contributed by atoms with Crippen molar-refractivity contribution in [3.05, 3.63) is 28.8 Å². The van der Waals surface area contributed by atoms with E-state index in [0.717, 1.165) is 6.07 Å². The fraction of sp³-hybridized carbons (Fsp3) is 0.222. The molecule has 1 aromatic rings.